The molecule has 2 saturated carbocycles. The molecule has 0 aromatic carbocycles. The van der Waals surface area contributed by atoms with Crippen LogP contribution in [-0.2, 0) is 4.74 Å². The molecule has 0 bridgehead atoms. The lowest BCUT2D eigenvalue weighted by atomic mass is 9.75. The van der Waals surface area contributed by atoms with Crippen molar-refractivity contribution in [2.45, 2.75) is 70.0 Å². The van der Waals surface area contributed by atoms with Crippen molar-refractivity contribution in [3.05, 3.63) is 0 Å². The highest BCUT2D eigenvalue weighted by atomic mass is 16.5. The van der Waals surface area contributed by atoms with E-state index in [-0.39, 0.29) is 11.7 Å². The van der Waals surface area contributed by atoms with E-state index in [0.29, 0.717) is 0 Å². The van der Waals surface area contributed by atoms with E-state index < -0.39 is 0 Å². The molecule has 94 valence electrons. The molecule has 1 atom stereocenters. The molecule has 2 aliphatic rings. The molecule has 16 heavy (non-hydrogen) atoms. The zero-order chi connectivity index (χ0) is 11.6. The Kier molecular flexibility index (Phi) is 3.91. The number of rotatable bonds is 5. The summed E-state index contributed by atoms with van der Waals surface area (Å²) in [7, 11) is 1.77. The van der Waals surface area contributed by atoms with Crippen molar-refractivity contribution >= 4 is 0 Å². The molecular weight excluding hydrogens is 200 g/mol. The minimum absolute atomic E-state index is 0.221. The average molecular weight is 226 g/mol. The fourth-order valence-corrected chi connectivity index (χ4v) is 2.99. The Balaban J connectivity index is 1.85. The van der Waals surface area contributed by atoms with Gasteiger partial charge >= 0.3 is 0 Å². The number of aliphatic hydroxyl groups is 1. The topological polar surface area (TPSA) is 29.5 Å². The van der Waals surface area contributed by atoms with Crippen LogP contribution in [0.25, 0.3) is 0 Å². The van der Waals surface area contributed by atoms with Gasteiger partial charge in [0.25, 0.3) is 0 Å². The van der Waals surface area contributed by atoms with Crippen LogP contribution in [0.3, 0.4) is 0 Å². The van der Waals surface area contributed by atoms with Crippen LogP contribution >= 0.6 is 0 Å². The quantitative estimate of drug-likeness (QED) is 0.780. The van der Waals surface area contributed by atoms with Crippen LogP contribution in [0.1, 0.15) is 58.3 Å². The number of hydrogen-bond donors (Lipinski definition) is 1. The lowest BCUT2D eigenvalue weighted by Gasteiger charge is -2.41. The molecule has 2 heteroatoms. The van der Waals surface area contributed by atoms with Crippen LogP contribution in [0, 0.1) is 11.8 Å². The van der Waals surface area contributed by atoms with Gasteiger partial charge in [0.1, 0.15) is 0 Å². The predicted molar refractivity (Wildman–Crippen MR) is 65.3 cm³/mol. The van der Waals surface area contributed by atoms with Crippen LogP contribution in [0.2, 0.25) is 0 Å². The van der Waals surface area contributed by atoms with Crippen LogP contribution in [0.4, 0.5) is 0 Å². The van der Waals surface area contributed by atoms with Gasteiger partial charge in [0.05, 0.1) is 11.7 Å². The van der Waals surface area contributed by atoms with E-state index >= 15 is 0 Å². The zero-order valence-electron chi connectivity index (χ0n) is 10.7. The van der Waals surface area contributed by atoms with Gasteiger partial charge in [-0.3, -0.25) is 0 Å². The Morgan fingerprint density at radius 2 is 1.88 bits per heavy atom. The molecule has 2 fully saturated rings. The largest absolute Gasteiger partial charge is 0.390 e. The zero-order valence-corrected chi connectivity index (χ0v) is 10.7. The fourth-order valence-electron chi connectivity index (χ4n) is 2.99. The van der Waals surface area contributed by atoms with Crippen molar-refractivity contribution in [2.75, 3.05) is 7.11 Å². The van der Waals surface area contributed by atoms with E-state index in [1.807, 2.05) is 0 Å². The van der Waals surface area contributed by atoms with Gasteiger partial charge in [-0.25, -0.2) is 0 Å². The van der Waals surface area contributed by atoms with E-state index in [4.69, 9.17) is 4.74 Å². The Morgan fingerprint density at radius 1 is 1.25 bits per heavy atom. The molecule has 2 rings (SSSR count). The molecular formula is C14H26O2. The highest BCUT2D eigenvalue weighted by Gasteiger charge is 2.41. The predicted octanol–water partition coefficient (Wildman–Crippen LogP) is 3.13. The number of ether oxygens (including phenoxy) is 1. The second kappa shape index (κ2) is 5.05. The minimum atomic E-state index is -0.245. The third kappa shape index (κ3) is 2.78. The fraction of sp³-hybridized carbons (Fsp3) is 1.00. The smallest absolute Gasteiger partial charge is 0.0936 e. The number of hydrogen-bond acceptors (Lipinski definition) is 2. The summed E-state index contributed by atoms with van der Waals surface area (Å²) in [5.74, 6) is 1.71. The lowest BCUT2D eigenvalue weighted by molar-refractivity contribution is -0.130. The third-order valence-electron chi connectivity index (χ3n) is 4.68. The summed E-state index contributed by atoms with van der Waals surface area (Å²) in [4.78, 5) is 0. The second-order valence-electron chi connectivity index (χ2n) is 5.99. The van der Waals surface area contributed by atoms with Gasteiger partial charge in [-0.2, -0.15) is 0 Å². The molecule has 0 aromatic rings. The summed E-state index contributed by atoms with van der Waals surface area (Å²) < 4.78 is 5.69. The Hall–Kier alpha value is -0.0800. The standard InChI is InChI=1S/C14H26O2/c1-11-7-9-14(16-2,10-8-11)13(15)6-5-12-3-4-12/h11-13,15H,3-10H2,1-2H3. The molecule has 0 saturated heterocycles. The Labute approximate surface area is 99.4 Å². The van der Waals surface area contributed by atoms with Crippen molar-refractivity contribution < 1.29 is 9.84 Å². The van der Waals surface area contributed by atoms with E-state index in [9.17, 15) is 5.11 Å². The van der Waals surface area contributed by atoms with Crippen molar-refractivity contribution in [3.8, 4) is 0 Å². The van der Waals surface area contributed by atoms with E-state index in [0.717, 1.165) is 31.1 Å². The molecule has 0 amide bonds. The van der Waals surface area contributed by atoms with E-state index in [2.05, 4.69) is 6.92 Å². The number of aliphatic hydroxyl groups excluding tert-OH is 1. The normalized spacial score (nSPS) is 37.3. The monoisotopic (exact) mass is 226 g/mol. The van der Waals surface area contributed by atoms with Gasteiger partial charge in [-0.05, 0) is 50.4 Å². The first kappa shape index (κ1) is 12.4. The van der Waals surface area contributed by atoms with Gasteiger partial charge in [0.15, 0.2) is 0 Å². The summed E-state index contributed by atoms with van der Waals surface area (Å²) in [6.45, 7) is 2.30. The number of methoxy groups -OCH3 is 1. The van der Waals surface area contributed by atoms with Crippen LogP contribution in [-0.4, -0.2) is 23.9 Å². The van der Waals surface area contributed by atoms with Gasteiger partial charge in [-0.15, -0.1) is 0 Å². The molecule has 0 aliphatic heterocycles. The first-order chi connectivity index (χ1) is 7.66. The molecule has 0 aromatic heterocycles. The molecule has 0 radical (unpaired) electrons. The minimum Gasteiger partial charge on any atom is -0.390 e. The summed E-state index contributed by atoms with van der Waals surface area (Å²) in [5.41, 5.74) is -0.221. The average Bonchev–Trinajstić information content (AvgIpc) is 3.11. The first-order valence-corrected chi connectivity index (χ1v) is 6.89. The molecule has 1 N–H and O–H groups in total. The van der Waals surface area contributed by atoms with Crippen LogP contribution in [0.15, 0.2) is 0 Å². The first-order valence-electron chi connectivity index (χ1n) is 6.89. The molecule has 1 unspecified atom stereocenters. The highest BCUT2D eigenvalue weighted by molar-refractivity contribution is 4.93. The van der Waals surface area contributed by atoms with E-state index in [1.54, 1.807) is 7.11 Å². The van der Waals surface area contributed by atoms with E-state index in [1.165, 1.54) is 32.1 Å². The van der Waals surface area contributed by atoms with Gasteiger partial charge in [0.2, 0.25) is 0 Å². The highest BCUT2D eigenvalue weighted by Crippen LogP contribution is 2.40. The molecule has 0 heterocycles. The Morgan fingerprint density at radius 3 is 2.38 bits per heavy atom. The maximum absolute atomic E-state index is 10.4. The van der Waals surface area contributed by atoms with Gasteiger partial charge < -0.3 is 9.84 Å². The summed E-state index contributed by atoms with van der Waals surface area (Å²) in [6.07, 6.45) is 9.13. The second-order valence-corrected chi connectivity index (χ2v) is 5.99. The van der Waals surface area contributed by atoms with Crippen LogP contribution in [0.5, 0.6) is 0 Å². The van der Waals surface area contributed by atoms with Gasteiger partial charge in [-0.1, -0.05) is 19.8 Å². The van der Waals surface area contributed by atoms with Crippen LogP contribution < -0.4 is 0 Å². The van der Waals surface area contributed by atoms with Crippen molar-refractivity contribution in [3.63, 3.8) is 0 Å². The summed E-state index contributed by atoms with van der Waals surface area (Å²) >= 11 is 0. The maximum atomic E-state index is 10.4. The van der Waals surface area contributed by atoms with Crippen molar-refractivity contribution in [1.29, 1.82) is 0 Å². The SMILES string of the molecule is COC1(C(O)CCC2CC2)CCC(C)CC1. The molecule has 0 spiro atoms. The molecule has 2 nitrogen and oxygen atoms in total. The van der Waals surface area contributed by atoms with Crippen molar-refractivity contribution in [2.24, 2.45) is 11.8 Å². The lowest BCUT2D eigenvalue weighted by Crippen LogP contribution is -2.46. The Bertz CT molecular complexity index is 215. The van der Waals surface area contributed by atoms with Crippen molar-refractivity contribution in [1.82, 2.24) is 0 Å². The molecule has 2 aliphatic carbocycles. The summed E-state index contributed by atoms with van der Waals surface area (Å²) in [5, 5.41) is 10.4. The summed E-state index contributed by atoms with van der Waals surface area (Å²) in [6, 6.07) is 0. The van der Waals surface area contributed by atoms with Gasteiger partial charge in [0, 0.05) is 7.11 Å². The maximum Gasteiger partial charge on any atom is 0.0936 e. The third-order valence-corrected chi connectivity index (χ3v) is 4.68.